The summed E-state index contributed by atoms with van der Waals surface area (Å²) in [5.41, 5.74) is 1.64. The number of anilines is 1. The van der Waals surface area contributed by atoms with Gasteiger partial charge in [-0.25, -0.2) is 0 Å². The summed E-state index contributed by atoms with van der Waals surface area (Å²) in [5, 5.41) is 6.74. The van der Waals surface area contributed by atoms with E-state index in [9.17, 15) is 4.79 Å². The van der Waals surface area contributed by atoms with E-state index >= 15 is 0 Å². The topological polar surface area (TPSA) is 41.1 Å². The third-order valence-corrected chi connectivity index (χ3v) is 4.11. The van der Waals surface area contributed by atoms with Crippen molar-refractivity contribution in [1.82, 2.24) is 5.32 Å². The number of amides is 1. The average Bonchev–Trinajstić information content (AvgIpc) is 2.31. The van der Waals surface area contributed by atoms with Gasteiger partial charge >= 0.3 is 0 Å². The Hall–Kier alpha value is -0.740. The summed E-state index contributed by atoms with van der Waals surface area (Å²) in [7, 11) is 0. The molecule has 0 saturated carbocycles. The van der Waals surface area contributed by atoms with E-state index in [-0.39, 0.29) is 18.0 Å². The molecule has 0 fully saturated rings. The van der Waals surface area contributed by atoms with Crippen molar-refractivity contribution < 1.29 is 4.79 Å². The molecule has 0 atom stereocenters. The van der Waals surface area contributed by atoms with E-state index in [1.54, 1.807) is 0 Å². The number of benzene rings is 1. The summed E-state index contributed by atoms with van der Waals surface area (Å²) < 4.78 is 0.900. The van der Waals surface area contributed by atoms with Crippen molar-refractivity contribution in [3.8, 4) is 0 Å². The summed E-state index contributed by atoms with van der Waals surface area (Å²) in [6, 6.07) is 3.75. The molecule has 0 saturated heterocycles. The number of rotatable bonds is 5. The highest BCUT2D eigenvalue weighted by molar-refractivity contribution is 9.10. The van der Waals surface area contributed by atoms with E-state index in [1.165, 1.54) is 0 Å². The predicted molar refractivity (Wildman–Crippen MR) is 84.9 cm³/mol. The Labute approximate surface area is 128 Å². The van der Waals surface area contributed by atoms with Crippen molar-refractivity contribution in [2.45, 2.75) is 39.7 Å². The molecule has 0 unspecified atom stereocenters. The summed E-state index contributed by atoms with van der Waals surface area (Å²) in [5.74, 6) is -0.0320. The summed E-state index contributed by atoms with van der Waals surface area (Å²) >= 11 is 9.52. The quantitative estimate of drug-likeness (QED) is 0.841. The normalized spacial score (nSPS) is 11.3. The van der Waals surface area contributed by atoms with Crippen LogP contribution in [0.5, 0.6) is 0 Å². The molecular weight excluding hydrogens is 328 g/mol. The molecule has 3 nitrogen and oxygen atoms in total. The fourth-order valence-electron chi connectivity index (χ4n) is 1.47. The largest absolute Gasteiger partial charge is 0.375 e. The molecule has 0 radical (unpaired) electrons. The van der Waals surface area contributed by atoms with Crippen LogP contribution in [0.4, 0.5) is 5.69 Å². The molecule has 0 spiro atoms. The molecule has 2 N–H and O–H groups in total. The van der Waals surface area contributed by atoms with E-state index in [1.807, 2.05) is 39.8 Å². The second kappa shape index (κ2) is 6.62. The van der Waals surface area contributed by atoms with Gasteiger partial charge < -0.3 is 10.6 Å². The van der Waals surface area contributed by atoms with Gasteiger partial charge in [-0.1, -0.05) is 18.5 Å². The highest BCUT2D eigenvalue weighted by Gasteiger charge is 2.17. The minimum absolute atomic E-state index is 0.0320. The second-order valence-electron chi connectivity index (χ2n) is 5.22. The molecule has 0 aliphatic heterocycles. The van der Waals surface area contributed by atoms with Crippen LogP contribution in [0.2, 0.25) is 5.02 Å². The zero-order valence-corrected chi connectivity index (χ0v) is 14.1. The number of aryl methyl sites for hydroxylation is 1. The van der Waals surface area contributed by atoms with Gasteiger partial charge in [0, 0.05) is 15.0 Å². The van der Waals surface area contributed by atoms with Crippen molar-refractivity contribution in [2.75, 3.05) is 11.9 Å². The number of hydrogen-bond acceptors (Lipinski definition) is 2. The third-order valence-electron chi connectivity index (χ3n) is 3.05. The SMILES string of the molecule is CCC(C)(C)NC(=O)CNc1cc(Cl)c(C)cc1Br. The van der Waals surface area contributed by atoms with Gasteiger partial charge in [0.1, 0.15) is 0 Å². The van der Waals surface area contributed by atoms with Crippen molar-refractivity contribution in [1.29, 1.82) is 0 Å². The smallest absolute Gasteiger partial charge is 0.239 e. The van der Waals surface area contributed by atoms with Gasteiger partial charge in [0.25, 0.3) is 0 Å². The molecule has 5 heteroatoms. The lowest BCUT2D eigenvalue weighted by Crippen LogP contribution is -2.45. The van der Waals surface area contributed by atoms with Crippen LogP contribution in [0.1, 0.15) is 32.8 Å². The van der Waals surface area contributed by atoms with E-state index in [0.717, 1.165) is 22.1 Å². The van der Waals surface area contributed by atoms with Gasteiger partial charge in [-0.2, -0.15) is 0 Å². The summed E-state index contributed by atoms with van der Waals surface area (Å²) in [6.07, 6.45) is 0.888. The minimum Gasteiger partial charge on any atom is -0.375 e. The molecule has 0 heterocycles. The van der Waals surface area contributed by atoms with Crippen molar-refractivity contribution >= 4 is 39.1 Å². The van der Waals surface area contributed by atoms with Crippen LogP contribution in [0.15, 0.2) is 16.6 Å². The van der Waals surface area contributed by atoms with Crippen LogP contribution in [0.25, 0.3) is 0 Å². The highest BCUT2D eigenvalue weighted by Crippen LogP contribution is 2.28. The van der Waals surface area contributed by atoms with Crippen LogP contribution < -0.4 is 10.6 Å². The average molecular weight is 348 g/mol. The van der Waals surface area contributed by atoms with Crippen LogP contribution in [0.3, 0.4) is 0 Å². The molecule has 1 aromatic carbocycles. The number of carbonyl (C=O) groups is 1. The van der Waals surface area contributed by atoms with Gasteiger partial charge in [-0.15, -0.1) is 0 Å². The Bertz CT molecular complexity index is 475. The van der Waals surface area contributed by atoms with Crippen LogP contribution in [-0.4, -0.2) is 18.0 Å². The zero-order chi connectivity index (χ0) is 14.6. The lowest BCUT2D eigenvalue weighted by atomic mass is 10.0. The molecule has 0 aromatic heterocycles. The van der Waals surface area contributed by atoms with Gasteiger partial charge in [0.05, 0.1) is 12.2 Å². The first kappa shape index (κ1) is 16.3. The Kier molecular flexibility index (Phi) is 5.68. The van der Waals surface area contributed by atoms with Crippen molar-refractivity contribution in [3.05, 3.63) is 27.2 Å². The Morgan fingerprint density at radius 1 is 1.42 bits per heavy atom. The van der Waals surface area contributed by atoms with Crippen molar-refractivity contribution in [3.63, 3.8) is 0 Å². The third kappa shape index (κ3) is 5.03. The van der Waals surface area contributed by atoms with Crippen LogP contribution in [-0.2, 0) is 4.79 Å². The second-order valence-corrected chi connectivity index (χ2v) is 6.48. The molecule has 19 heavy (non-hydrogen) atoms. The highest BCUT2D eigenvalue weighted by atomic mass is 79.9. The molecule has 106 valence electrons. The predicted octanol–water partition coefficient (Wildman–Crippen LogP) is 4.13. The molecule has 0 aliphatic carbocycles. The van der Waals surface area contributed by atoms with E-state index < -0.39 is 0 Å². The first-order valence-corrected chi connectivity index (χ1v) is 7.43. The summed E-state index contributed by atoms with van der Waals surface area (Å²) in [6.45, 7) is 8.21. The lowest BCUT2D eigenvalue weighted by molar-refractivity contribution is -0.121. The number of nitrogens with one attached hydrogen (secondary N) is 2. The van der Waals surface area contributed by atoms with E-state index in [0.29, 0.717) is 5.02 Å². The Morgan fingerprint density at radius 3 is 2.63 bits per heavy atom. The van der Waals surface area contributed by atoms with Gasteiger partial charge in [0.15, 0.2) is 0 Å². The van der Waals surface area contributed by atoms with Crippen LogP contribution >= 0.6 is 27.5 Å². The van der Waals surface area contributed by atoms with E-state index in [4.69, 9.17) is 11.6 Å². The Balaban J connectivity index is 2.63. The maximum absolute atomic E-state index is 11.8. The summed E-state index contributed by atoms with van der Waals surface area (Å²) in [4.78, 5) is 11.8. The maximum atomic E-state index is 11.8. The fraction of sp³-hybridized carbons (Fsp3) is 0.500. The molecule has 1 aromatic rings. The Morgan fingerprint density at radius 2 is 2.05 bits per heavy atom. The number of halogens is 2. The minimum atomic E-state index is -0.180. The molecule has 1 amide bonds. The lowest BCUT2D eigenvalue weighted by Gasteiger charge is -2.24. The first-order valence-electron chi connectivity index (χ1n) is 6.25. The number of carbonyl (C=O) groups excluding carboxylic acids is 1. The molecule has 0 bridgehead atoms. The van der Waals surface area contributed by atoms with Gasteiger partial charge in [-0.05, 0) is 60.8 Å². The standard InChI is InChI=1S/C14H20BrClN2O/c1-5-14(3,4)18-13(19)8-17-12-7-11(16)9(2)6-10(12)15/h6-7,17H,5,8H2,1-4H3,(H,18,19). The van der Waals surface area contributed by atoms with Gasteiger partial charge in [-0.3, -0.25) is 4.79 Å². The first-order chi connectivity index (χ1) is 8.75. The van der Waals surface area contributed by atoms with Gasteiger partial charge in [0.2, 0.25) is 5.91 Å². The fourth-order valence-corrected chi connectivity index (χ4v) is 2.23. The van der Waals surface area contributed by atoms with E-state index in [2.05, 4.69) is 26.6 Å². The molecular formula is C14H20BrClN2O. The number of hydrogen-bond donors (Lipinski definition) is 2. The monoisotopic (exact) mass is 346 g/mol. The molecule has 1 rings (SSSR count). The zero-order valence-electron chi connectivity index (χ0n) is 11.7. The molecule has 0 aliphatic rings. The van der Waals surface area contributed by atoms with Crippen molar-refractivity contribution in [2.24, 2.45) is 0 Å². The maximum Gasteiger partial charge on any atom is 0.239 e. The van der Waals surface area contributed by atoms with Crippen LogP contribution in [0, 0.1) is 6.92 Å².